The molecular formula is C17H16N4O2. The molecular weight excluding hydrogens is 292 g/mol. The van der Waals surface area contributed by atoms with Crippen molar-refractivity contribution in [3.63, 3.8) is 0 Å². The zero-order chi connectivity index (χ0) is 16.1. The van der Waals surface area contributed by atoms with E-state index in [1.807, 2.05) is 31.2 Å². The predicted octanol–water partition coefficient (Wildman–Crippen LogP) is 2.75. The maximum Gasteiger partial charge on any atom is 0.244 e. The molecule has 6 heteroatoms. The molecule has 0 unspecified atom stereocenters. The van der Waals surface area contributed by atoms with Gasteiger partial charge in [0.2, 0.25) is 5.91 Å². The Morgan fingerprint density at radius 3 is 2.78 bits per heavy atom. The largest absolute Gasteiger partial charge is 0.465 e. The summed E-state index contributed by atoms with van der Waals surface area (Å²) in [6.07, 6.45) is 7.79. The monoisotopic (exact) mass is 308 g/mol. The molecule has 6 nitrogen and oxygen atoms in total. The van der Waals surface area contributed by atoms with E-state index in [1.165, 1.54) is 12.4 Å². The number of benzene rings is 1. The Labute approximate surface area is 133 Å². The lowest BCUT2D eigenvalue weighted by atomic mass is 10.1. The van der Waals surface area contributed by atoms with Crippen LogP contribution in [0.2, 0.25) is 0 Å². The van der Waals surface area contributed by atoms with Crippen molar-refractivity contribution in [1.29, 1.82) is 0 Å². The molecule has 1 N–H and O–H groups in total. The lowest BCUT2D eigenvalue weighted by molar-refractivity contribution is -0.117. The van der Waals surface area contributed by atoms with Gasteiger partial charge in [0.1, 0.15) is 18.4 Å². The van der Waals surface area contributed by atoms with E-state index >= 15 is 0 Å². The summed E-state index contributed by atoms with van der Waals surface area (Å²) in [5, 5.41) is 6.99. The molecule has 23 heavy (non-hydrogen) atoms. The smallest absolute Gasteiger partial charge is 0.244 e. The van der Waals surface area contributed by atoms with Crippen LogP contribution in [0.1, 0.15) is 24.3 Å². The Morgan fingerprint density at radius 2 is 2.13 bits per heavy atom. The van der Waals surface area contributed by atoms with Crippen molar-refractivity contribution in [2.45, 2.75) is 13.0 Å². The first-order chi connectivity index (χ1) is 11.2. The minimum Gasteiger partial charge on any atom is -0.465 e. The van der Waals surface area contributed by atoms with Crippen LogP contribution in [0.4, 0.5) is 0 Å². The first kappa shape index (κ1) is 14.8. The second-order valence-electron chi connectivity index (χ2n) is 5.01. The zero-order valence-corrected chi connectivity index (χ0v) is 12.6. The Bertz CT molecular complexity index is 775. The van der Waals surface area contributed by atoms with Crippen molar-refractivity contribution in [2.75, 3.05) is 0 Å². The highest BCUT2D eigenvalue weighted by molar-refractivity contribution is 5.91. The van der Waals surface area contributed by atoms with Crippen molar-refractivity contribution >= 4 is 12.0 Å². The number of hydrogen-bond acceptors (Lipinski definition) is 4. The maximum atomic E-state index is 11.9. The zero-order valence-electron chi connectivity index (χ0n) is 12.6. The van der Waals surface area contributed by atoms with Gasteiger partial charge in [-0.15, -0.1) is 0 Å². The molecule has 1 atom stereocenters. The molecule has 1 aromatic carbocycles. The lowest BCUT2D eigenvalue weighted by Gasteiger charge is -2.13. The molecule has 0 radical (unpaired) electrons. The van der Waals surface area contributed by atoms with Crippen LogP contribution in [0, 0.1) is 0 Å². The average molecular weight is 308 g/mol. The van der Waals surface area contributed by atoms with Crippen LogP contribution in [0.5, 0.6) is 0 Å². The molecule has 0 spiro atoms. The van der Waals surface area contributed by atoms with Crippen LogP contribution in [0.3, 0.4) is 0 Å². The van der Waals surface area contributed by atoms with Crippen molar-refractivity contribution in [2.24, 2.45) is 0 Å². The van der Waals surface area contributed by atoms with Gasteiger partial charge in [-0.3, -0.25) is 4.79 Å². The van der Waals surface area contributed by atoms with Gasteiger partial charge in [0, 0.05) is 6.08 Å². The molecule has 0 fully saturated rings. The van der Waals surface area contributed by atoms with Crippen molar-refractivity contribution in [1.82, 2.24) is 20.1 Å². The van der Waals surface area contributed by atoms with Crippen LogP contribution in [-0.4, -0.2) is 20.7 Å². The van der Waals surface area contributed by atoms with Crippen molar-refractivity contribution in [3.8, 4) is 5.69 Å². The first-order valence-corrected chi connectivity index (χ1v) is 7.19. The lowest BCUT2D eigenvalue weighted by Crippen LogP contribution is -2.24. The van der Waals surface area contributed by atoms with Crippen LogP contribution in [-0.2, 0) is 4.79 Å². The molecule has 1 amide bonds. The highest BCUT2D eigenvalue weighted by atomic mass is 16.3. The van der Waals surface area contributed by atoms with Crippen molar-refractivity contribution in [3.05, 3.63) is 72.7 Å². The molecule has 0 aliphatic rings. The fraction of sp³-hybridized carbons (Fsp3) is 0.118. The van der Waals surface area contributed by atoms with E-state index in [0.717, 1.165) is 11.3 Å². The summed E-state index contributed by atoms with van der Waals surface area (Å²) >= 11 is 0. The Balaban J connectivity index is 1.61. The summed E-state index contributed by atoms with van der Waals surface area (Å²) in [5.41, 5.74) is 1.93. The molecule has 2 aromatic heterocycles. The summed E-state index contributed by atoms with van der Waals surface area (Å²) in [5.74, 6) is 0.472. The first-order valence-electron chi connectivity index (χ1n) is 7.19. The standard InChI is InChI=1S/C17H16N4O2/c1-13(20-17(22)9-8-16-3-2-10-23-16)14-4-6-15(7-5-14)21-12-18-11-19-21/h2-13H,1H3,(H,20,22)/b9-8+/t13-/m0/s1. The number of furan rings is 1. The van der Waals surface area contributed by atoms with Gasteiger partial charge in [-0.25, -0.2) is 9.67 Å². The molecule has 116 valence electrons. The highest BCUT2D eigenvalue weighted by Crippen LogP contribution is 2.15. The fourth-order valence-corrected chi connectivity index (χ4v) is 2.15. The normalized spacial score (nSPS) is 12.4. The van der Waals surface area contributed by atoms with Gasteiger partial charge >= 0.3 is 0 Å². The van der Waals surface area contributed by atoms with E-state index in [0.29, 0.717) is 5.76 Å². The summed E-state index contributed by atoms with van der Waals surface area (Å²) in [6.45, 7) is 1.93. The van der Waals surface area contributed by atoms with Gasteiger partial charge in [-0.05, 0) is 42.8 Å². The third kappa shape index (κ3) is 3.74. The predicted molar refractivity (Wildman–Crippen MR) is 85.7 cm³/mol. The van der Waals surface area contributed by atoms with Gasteiger partial charge in [0.25, 0.3) is 0 Å². The van der Waals surface area contributed by atoms with Crippen LogP contribution in [0.25, 0.3) is 11.8 Å². The molecule has 0 aliphatic heterocycles. The molecule has 0 bridgehead atoms. The maximum absolute atomic E-state index is 11.9. The third-order valence-electron chi connectivity index (χ3n) is 3.38. The number of aromatic nitrogens is 3. The molecule has 3 rings (SSSR count). The number of carbonyl (C=O) groups is 1. The Hall–Kier alpha value is -3.15. The average Bonchev–Trinajstić information content (AvgIpc) is 3.26. The number of amides is 1. The summed E-state index contributed by atoms with van der Waals surface area (Å²) in [7, 11) is 0. The third-order valence-corrected chi connectivity index (χ3v) is 3.38. The van der Waals surface area contributed by atoms with Gasteiger partial charge in [-0.2, -0.15) is 5.10 Å². The van der Waals surface area contributed by atoms with E-state index in [1.54, 1.807) is 35.5 Å². The number of hydrogen-bond donors (Lipinski definition) is 1. The van der Waals surface area contributed by atoms with Crippen LogP contribution >= 0.6 is 0 Å². The topological polar surface area (TPSA) is 73.0 Å². The van der Waals surface area contributed by atoms with Gasteiger partial charge in [0.05, 0.1) is 18.0 Å². The summed E-state index contributed by atoms with van der Waals surface area (Å²) in [6, 6.07) is 11.2. The second-order valence-corrected chi connectivity index (χ2v) is 5.01. The molecule has 3 aromatic rings. The Morgan fingerprint density at radius 1 is 1.30 bits per heavy atom. The second kappa shape index (κ2) is 6.74. The number of rotatable bonds is 5. The number of nitrogens with zero attached hydrogens (tertiary/aromatic N) is 3. The van der Waals surface area contributed by atoms with Crippen molar-refractivity contribution < 1.29 is 9.21 Å². The minimum absolute atomic E-state index is 0.103. The SMILES string of the molecule is C[C@H](NC(=O)/C=C/c1ccco1)c1ccc(-n2cncn2)cc1. The molecule has 0 saturated heterocycles. The molecule has 0 aliphatic carbocycles. The summed E-state index contributed by atoms with van der Waals surface area (Å²) < 4.78 is 6.82. The van der Waals surface area contributed by atoms with Gasteiger partial charge in [0.15, 0.2) is 0 Å². The van der Waals surface area contributed by atoms with Gasteiger partial charge in [-0.1, -0.05) is 12.1 Å². The summed E-state index contributed by atoms with van der Waals surface area (Å²) in [4.78, 5) is 15.8. The van der Waals surface area contributed by atoms with Crippen LogP contribution in [0.15, 0.2) is 65.8 Å². The minimum atomic E-state index is -0.172. The van der Waals surface area contributed by atoms with E-state index < -0.39 is 0 Å². The van der Waals surface area contributed by atoms with E-state index in [9.17, 15) is 4.79 Å². The molecule has 2 heterocycles. The number of carbonyl (C=O) groups excluding carboxylic acids is 1. The number of nitrogens with one attached hydrogen (secondary N) is 1. The van der Waals surface area contributed by atoms with E-state index in [-0.39, 0.29) is 11.9 Å². The van der Waals surface area contributed by atoms with Crippen LogP contribution < -0.4 is 5.32 Å². The fourth-order valence-electron chi connectivity index (χ4n) is 2.15. The molecule has 0 saturated carbocycles. The van der Waals surface area contributed by atoms with Gasteiger partial charge < -0.3 is 9.73 Å². The highest BCUT2D eigenvalue weighted by Gasteiger charge is 2.08. The van der Waals surface area contributed by atoms with E-state index in [2.05, 4.69) is 15.4 Å². The van der Waals surface area contributed by atoms with E-state index in [4.69, 9.17) is 4.42 Å². The Kier molecular flexibility index (Phi) is 4.33. The quantitative estimate of drug-likeness (QED) is 0.736.